The largest absolute Gasteiger partial charge is 0.481 e. The number of carbonyl (C=O) groups is 2. The molecule has 1 aromatic carbocycles. The van der Waals surface area contributed by atoms with E-state index in [2.05, 4.69) is 4.98 Å². The van der Waals surface area contributed by atoms with Crippen molar-refractivity contribution in [2.45, 2.75) is 19.3 Å². The van der Waals surface area contributed by atoms with E-state index in [9.17, 15) is 14.7 Å². The topological polar surface area (TPSA) is 70.2 Å². The third kappa shape index (κ3) is 2.42. The van der Waals surface area contributed by atoms with Gasteiger partial charge in [0.15, 0.2) is 5.78 Å². The molecule has 0 aliphatic carbocycles. The van der Waals surface area contributed by atoms with Crippen molar-refractivity contribution in [3.05, 3.63) is 59.4 Å². The molecule has 1 aromatic heterocycles. The van der Waals surface area contributed by atoms with Crippen molar-refractivity contribution >= 4 is 11.8 Å². The quantitative estimate of drug-likeness (QED) is 0.827. The summed E-state index contributed by atoms with van der Waals surface area (Å²) in [6.07, 6.45) is 3.30. The Balaban J connectivity index is 2.40. The molecule has 0 saturated carbocycles. The van der Waals surface area contributed by atoms with Gasteiger partial charge in [-0.25, -0.2) is 0 Å². The van der Waals surface area contributed by atoms with E-state index in [0.29, 0.717) is 16.7 Å². The van der Waals surface area contributed by atoms with E-state index in [4.69, 9.17) is 0 Å². The second-order valence-corrected chi connectivity index (χ2v) is 4.94. The van der Waals surface area contributed by atoms with Crippen molar-refractivity contribution in [2.75, 3.05) is 0 Å². The van der Waals surface area contributed by atoms with Crippen LogP contribution in [-0.4, -0.2) is 21.8 Å². The van der Waals surface area contributed by atoms with Crippen LogP contribution in [0.15, 0.2) is 42.7 Å². The molecule has 0 bridgehead atoms. The van der Waals surface area contributed by atoms with E-state index in [-0.39, 0.29) is 5.78 Å². The molecule has 2 rings (SSSR count). The Kier molecular flexibility index (Phi) is 3.25. The minimum atomic E-state index is -1.02. The minimum absolute atomic E-state index is 0.121. The van der Waals surface area contributed by atoms with Gasteiger partial charge in [0.25, 0.3) is 0 Å². The van der Waals surface area contributed by atoms with Crippen LogP contribution in [0.3, 0.4) is 0 Å². The Morgan fingerprint density at radius 2 is 1.89 bits per heavy atom. The Labute approximate surface area is 111 Å². The maximum absolute atomic E-state index is 12.2. The smallest absolute Gasteiger partial charge is 0.313 e. The van der Waals surface area contributed by atoms with Gasteiger partial charge in [0.1, 0.15) is 0 Å². The second kappa shape index (κ2) is 4.72. The van der Waals surface area contributed by atoms with Gasteiger partial charge in [0.05, 0.1) is 5.41 Å². The number of benzene rings is 1. The van der Waals surface area contributed by atoms with Gasteiger partial charge < -0.3 is 10.1 Å². The highest BCUT2D eigenvalue weighted by Crippen LogP contribution is 2.25. The Hall–Kier alpha value is -2.36. The zero-order chi connectivity index (χ0) is 14.0. The van der Waals surface area contributed by atoms with Crippen LogP contribution in [0.1, 0.15) is 35.3 Å². The van der Waals surface area contributed by atoms with Crippen LogP contribution in [0.25, 0.3) is 0 Å². The Morgan fingerprint density at radius 3 is 2.47 bits per heavy atom. The summed E-state index contributed by atoms with van der Waals surface area (Å²) in [4.78, 5) is 26.3. The number of carboxylic acids is 1. The van der Waals surface area contributed by atoms with Gasteiger partial charge in [0.2, 0.25) is 0 Å². The number of ketones is 1. The molecule has 0 aliphatic rings. The molecule has 1 heterocycles. The lowest BCUT2D eigenvalue weighted by Crippen LogP contribution is -2.28. The van der Waals surface area contributed by atoms with Crippen LogP contribution in [0, 0.1) is 0 Å². The van der Waals surface area contributed by atoms with Crippen molar-refractivity contribution in [1.82, 2.24) is 4.98 Å². The first kappa shape index (κ1) is 13.1. The number of aromatic nitrogens is 1. The molecule has 2 aromatic rings. The summed E-state index contributed by atoms with van der Waals surface area (Å²) < 4.78 is 0. The van der Waals surface area contributed by atoms with Gasteiger partial charge in [-0.2, -0.15) is 0 Å². The first-order valence-electron chi connectivity index (χ1n) is 5.94. The lowest BCUT2D eigenvalue weighted by Gasteiger charge is -2.20. The summed E-state index contributed by atoms with van der Waals surface area (Å²) >= 11 is 0. The van der Waals surface area contributed by atoms with Crippen molar-refractivity contribution in [1.29, 1.82) is 0 Å². The van der Waals surface area contributed by atoms with E-state index < -0.39 is 11.4 Å². The van der Waals surface area contributed by atoms with Crippen molar-refractivity contribution < 1.29 is 14.7 Å². The fourth-order valence-corrected chi connectivity index (χ4v) is 1.80. The predicted molar refractivity (Wildman–Crippen MR) is 71.3 cm³/mol. The molecule has 0 saturated heterocycles. The molecule has 0 unspecified atom stereocenters. The fraction of sp³-hybridized carbons (Fsp3) is 0.200. The number of carboxylic acid groups (broad SMARTS) is 1. The van der Waals surface area contributed by atoms with Gasteiger partial charge in [-0.1, -0.05) is 18.2 Å². The standard InChI is InChI=1S/C15H15NO3/c1-15(2,14(18)19)12-5-3-4-10(8-12)13(17)11-6-7-16-9-11/h3-9,16H,1-2H3,(H,18,19). The summed E-state index contributed by atoms with van der Waals surface area (Å²) in [5.41, 5.74) is 0.645. The highest BCUT2D eigenvalue weighted by atomic mass is 16.4. The van der Waals surface area contributed by atoms with Gasteiger partial charge >= 0.3 is 5.97 Å². The molecule has 19 heavy (non-hydrogen) atoms. The zero-order valence-electron chi connectivity index (χ0n) is 10.8. The molecule has 0 spiro atoms. The summed E-state index contributed by atoms with van der Waals surface area (Å²) in [6, 6.07) is 8.46. The fourth-order valence-electron chi connectivity index (χ4n) is 1.80. The van der Waals surface area contributed by atoms with Crippen LogP contribution < -0.4 is 0 Å². The van der Waals surface area contributed by atoms with E-state index in [1.807, 2.05) is 0 Å². The lowest BCUT2D eigenvalue weighted by atomic mass is 9.83. The van der Waals surface area contributed by atoms with Crippen LogP contribution in [0.5, 0.6) is 0 Å². The Bertz CT molecular complexity index is 612. The van der Waals surface area contributed by atoms with E-state index in [1.54, 1.807) is 56.6 Å². The normalized spacial score (nSPS) is 11.3. The third-order valence-electron chi connectivity index (χ3n) is 3.24. The number of carbonyl (C=O) groups excluding carboxylic acids is 1. The molecule has 0 amide bonds. The number of aromatic amines is 1. The molecular weight excluding hydrogens is 242 g/mol. The molecule has 2 N–H and O–H groups in total. The summed E-state index contributed by atoms with van der Waals surface area (Å²) in [7, 11) is 0. The molecule has 0 fully saturated rings. The SMILES string of the molecule is CC(C)(C(=O)O)c1cccc(C(=O)c2cc[nH]c2)c1. The molecular formula is C15H15NO3. The summed E-state index contributed by atoms with van der Waals surface area (Å²) in [6.45, 7) is 3.24. The second-order valence-electron chi connectivity index (χ2n) is 4.94. The van der Waals surface area contributed by atoms with Crippen LogP contribution in [0.2, 0.25) is 0 Å². The number of hydrogen-bond acceptors (Lipinski definition) is 2. The third-order valence-corrected chi connectivity index (χ3v) is 3.24. The predicted octanol–water partition coefficient (Wildman–Crippen LogP) is 2.61. The van der Waals surface area contributed by atoms with Crippen LogP contribution >= 0.6 is 0 Å². The number of nitrogens with one attached hydrogen (secondary N) is 1. The summed E-state index contributed by atoms with van der Waals surface area (Å²) in [5, 5.41) is 9.22. The highest BCUT2D eigenvalue weighted by molar-refractivity contribution is 6.09. The first-order valence-corrected chi connectivity index (χ1v) is 5.94. The number of aliphatic carboxylic acids is 1. The Morgan fingerprint density at radius 1 is 1.16 bits per heavy atom. The average Bonchev–Trinajstić information content (AvgIpc) is 2.91. The van der Waals surface area contributed by atoms with E-state index >= 15 is 0 Å². The lowest BCUT2D eigenvalue weighted by molar-refractivity contribution is -0.142. The number of hydrogen-bond donors (Lipinski definition) is 2. The maximum Gasteiger partial charge on any atom is 0.313 e. The highest BCUT2D eigenvalue weighted by Gasteiger charge is 2.29. The molecule has 98 valence electrons. The minimum Gasteiger partial charge on any atom is -0.481 e. The average molecular weight is 257 g/mol. The monoisotopic (exact) mass is 257 g/mol. The molecule has 0 radical (unpaired) electrons. The first-order chi connectivity index (χ1) is 8.93. The van der Waals surface area contributed by atoms with E-state index in [0.717, 1.165) is 0 Å². The molecule has 0 aliphatic heterocycles. The maximum atomic E-state index is 12.2. The van der Waals surface area contributed by atoms with Crippen LogP contribution in [0.4, 0.5) is 0 Å². The van der Waals surface area contributed by atoms with Gasteiger partial charge in [0, 0.05) is 23.5 Å². The van der Waals surface area contributed by atoms with Crippen LogP contribution in [-0.2, 0) is 10.2 Å². The van der Waals surface area contributed by atoms with Gasteiger partial charge in [-0.15, -0.1) is 0 Å². The van der Waals surface area contributed by atoms with Gasteiger partial charge in [-0.3, -0.25) is 9.59 Å². The molecule has 4 heteroatoms. The van der Waals surface area contributed by atoms with Crippen molar-refractivity contribution in [3.63, 3.8) is 0 Å². The number of H-pyrrole nitrogens is 1. The van der Waals surface area contributed by atoms with Crippen molar-refractivity contribution in [3.8, 4) is 0 Å². The molecule has 4 nitrogen and oxygen atoms in total. The van der Waals surface area contributed by atoms with Crippen molar-refractivity contribution in [2.24, 2.45) is 0 Å². The van der Waals surface area contributed by atoms with E-state index in [1.165, 1.54) is 0 Å². The summed E-state index contributed by atoms with van der Waals surface area (Å²) in [5.74, 6) is -1.04. The number of rotatable bonds is 4. The zero-order valence-corrected chi connectivity index (χ0v) is 10.8. The molecule has 0 atom stereocenters. The van der Waals surface area contributed by atoms with Gasteiger partial charge in [-0.05, 0) is 31.5 Å².